The third-order valence-corrected chi connectivity index (χ3v) is 6.96. The summed E-state index contributed by atoms with van der Waals surface area (Å²) in [6.45, 7) is 0.268. The minimum atomic E-state index is -3.82. The Bertz CT molecular complexity index is 1120. The number of carboxylic acid groups (broad SMARTS) is 1. The van der Waals surface area contributed by atoms with E-state index in [2.05, 4.69) is 0 Å². The average Bonchev–Trinajstić information content (AvgIpc) is 2.67. The molecule has 0 fully saturated rings. The van der Waals surface area contributed by atoms with Crippen molar-refractivity contribution in [2.75, 3.05) is 6.54 Å². The quantitative estimate of drug-likeness (QED) is 0.749. The second kappa shape index (κ2) is 6.79. The first-order chi connectivity index (χ1) is 13.0. The molecular formula is C21H19NO4S. The molecule has 27 heavy (non-hydrogen) atoms. The highest BCUT2D eigenvalue weighted by Gasteiger charge is 2.37. The summed E-state index contributed by atoms with van der Waals surface area (Å²) >= 11 is 0. The maximum atomic E-state index is 13.4. The lowest BCUT2D eigenvalue weighted by Crippen LogP contribution is -2.40. The molecule has 0 aliphatic carbocycles. The van der Waals surface area contributed by atoms with Crippen LogP contribution in [0.1, 0.15) is 23.6 Å². The molecule has 3 aromatic carbocycles. The molecule has 0 saturated carbocycles. The van der Waals surface area contributed by atoms with Crippen LogP contribution >= 0.6 is 0 Å². The highest BCUT2D eigenvalue weighted by atomic mass is 32.2. The average molecular weight is 381 g/mol. The molecule has 5 nitrogen and oxygen atoms in total. The van der Waals surface area contributed by atoms with Gasteiger partial charge in [0.1, 0.15) is 0 Å². The molecule has 1 aliphatic rings. The summed E-state index contributed by atoms with van der Waals surface area (Å²) in [5.41, 5.74) is 1.78. The highest BCUT2D eigenvalue weighted by molar-refractivity contribution is 7.89. The van der Waals surface area contributed by atoms with E-state index in [0.29, 0.717) is 6.42 Å². The zero-order chi connectivity index (χ0) is 19.0. The first-order valence-corrected chi connectivity index (χ1v) is 10.2. The number of carboxylic acids is 1. The van der Waals surface area contributed by atoms with Crippen LogP contribution < -0.4 is 0 Å². The maximum Gasteiger partial charge on any atom is 0.305 e. The largest absolute Gasteiger partial charge is 0.481 e. The Morgan fingerprint density at radius 1 is 1.00 bits per heavy atom. The molecule has 0 radical (unpaired) electrons. The molecule has 0 bridgehead atoms. The van der Waals surface area contributed by atoms with Gasteiger partial charge in [-0.1, -0.05) is 54.6 Å². The van der Waals surface area contributed by atoms with Crippen molar-refractivity contribution in [1.82, 2.24) is 4.31 Å². The van der Waals surface area contributed by atoms with E-state index in [-0.39, 0.29) is 17.9 Å². The van der Waals surface area contributed by atoms with Crippen molar-refractivity contribution in [3.8, 4) is 0 Å². The van der Waals surface area contributed by atoms with Crippen LogP contribution in [0.15, 0.2) is 71.6 Å². The number of hydrogen-bond donors (Lipinski definition) is 1. The summed E-state index contributed by atoms with van der Waals surface area (Å²) in [5.74, 6) is -1.02. The van der Waals surface area contributed by atoms with E-state index in [0.717, 1.165) is 21.9 Å². The molecule has 0 spiro atoms. The Morgan fingerprint density at radius 2 is 1.70 bits per heavy atom. The number of benzene rings is 3. The monoisotopic (exact) mass is 381 g/mol. The van der Waals surface area contributed by atoms with Crippen LogP contribution in [0.4, 0.5) is 0 Å². The smallest absolute Gasteiger partial charge is 0.305 e. The van der Waals surface area contributed by atoms with Crippen molar-refractivity contribution in [2.24, 2.45) is 0 Å². The molecule has 3 aromatic rings. The molecule has 1 unspecified atom stereocenters. The van der Waals surface area contributed by atoms with Crippen molar-refractivity contribution in [3.63, 3.8) is 0 Å². The molecule has 0 aromatic heterocycles. The summed E-state index contributed by atoms with van der Waals surface area (Å²) < 4.78 is 28.1. The minimum Gasteiger partial charge on any atom is -0.481 e. The summed E-state index contributed by atoms with van der Waals surface area (Å²) in [6.07, 6.45) is 0.308. The molecule has 6 heteroatoms. The molecule has 0 saturated heterocycles. The van der Waals surface area contributed by atoms with Crippen molar-refractivity contribution in [1.29, 1.82) is 0 Å². The zero-order valence-electron chi connectivity index (χ0n) is 14.6. The lowest BCUT2D eigenvalue weighted by molar-refractivity contribution is -0.138. The van der Waals surface area contributed by atoms with E-state index in [4.69, 9.17) is 0 Å². The standard InChI is InChI=1S/C21H19NO4S/c23-21(24)14-20-19-8-4-3-6-16(19)11-12-22(20)27(25,26)18-10-9-15-5-1-2-7-17(15)13-18/h1-10,13,20H,11-12,14H2,(H,23,24). The van der Waals surface area contributed by atoms with Gasteiger partial charge in [-0.15, -0.1) is 0 Å². The van der Waals surface area contributed by atoms with Crippen molar-refractivity contribution in [2.45, 2.75) is 23.8 Å². The lowest BCUT2D eigenvalue weighted by Gasteiger charge is -2.35. The molecule has 0 amide bonds. The number of aliphatic carboxylic acids is 1. The van der Waals surface area contributed by atoms with E-state index < -0.39 is 22.0 Å². The predicted molar refractivity (Wildman–Crippen MR) is 103 cm³/mol. The normalized spacial score (nSPS) is 17.6. The number of nitrogens with zero attached hydrogens (tertiary/aromatic N) is 1. The van der Waals surface area contributed by atoms with E-state index in [1.165, 1.54) is 4.31 Å². The van der Waals surface area contributed by atoms with Crippen molar-refractivity contribution >= 4 is 26.8 Å². The van der Waals surface area contributed by atoms with Gasteiger partial charge in [0.2, 0.25) is 10.0 Å². The van der Waals surface area contributed by atoms with Crippen LogP contribution in [-0.2, 0) is 21.2 Å². The fourth-order valence-electron chi connectivity index (χ4n) is 3.76. The molecule has 1 aliphatic heterocycles. The molecule has 1 N–H and O–H groups in total. The van der Waals surface area contributed by atoms with Gasteiger partial charge >= 0.3 is 5.97 Å². The maximum absolute atomic E-state index is 13.4. The third kappa shape index (κ3) is 3.22. The van der Waals surface area contributed by atoms with Crippen LogP contribution in [0, 0.1) is 0 Å². The Hall–Kier alpha value is -2.70. The Labute approximate surface area is 157 Å². The molecule has 4 rings (SSSR count). The van der Waals surface area contributed by atoms with Gasteiger partial charge in [-0.05, 0) is 40.5 Å². The second-order valence-electron chi connectivity index (χ2n) is 6.69. The third-order valence-electron chi connectivity index (χ3n) is 5.06. The second-order valence-corrected chi connectivity index (χ2v) is 8.58. The summed E-state index contributed by atoms with van der Waals surface area (Å²) in [7, 11) is -3.82. The van der Waals surface area contributed by atoms with Gasteiger partial charge in [0.05, 0.1) is 17.4 Å². The van der Waals surface area contributed by atoms with E-state index in [9.17, 15) is 18.3 Å². The Balaban J connectivity index is 1.80. The van der Waals surface area contributed by atoms with Gasteiger partial charge < -0.3 is 5.11 Å². The topological polar surface area (TPSA) is 74.7 Å². The fourth-order valence-corrected chi connectivity index (χ4v) is 5.40. The van der Waals surface area contributed by atoms with Crippen LogP contribution in [-0.4, -0.2) is 30.3 Å². The Morgan fingerprint density at radius 3 is 2.48 bits per heavy atom. The lowest BCUT2D eigenvalue weighted by atomic mass is 9.92. The fraction of sp³-hybridized carbons (Fsp3) is 0.190. The van der Waals surface area contributed by atoms with Gasteiger partial charge in [-0.3, -0.25) is 4.79 Å². The number of sulfonamides is 1. The van der Waals surface area contributed by atoms with Gasteiger partial charge in [0.25, 0.3) is 0 Å². The predicted octanol–water partition coefficient (Wildman–Crippen LogP) is 3.60. The molecule has 138 valence electrons. The van der Waals surface area contributed by atoms with Crippen LogP contribution in [0.5, 0.6) is 0 Å². The summed E-state index contributed by atoms with van der Waals surface area (Å²) in [4.78, 5) is 11.6. The van der Waals surface area contributed by atoms with Crippen LogP contribution in [0.3, 0.4) is 0 Å². The summed E-state index contributed by atoms with van der Waals surface area (Å²) in [5, 5.41) is 11.2. The van der Waals surface area contributed by atoms with Gasteiger partial charge in [-0.25, -0.2) is 8.42 Å². The molecule has 1 atom stereocenters. The van der Waals surface area contributed by atoms with Gasteiger partial charge in [-0.2, -0.15) is 4.31 Å². The summed E-state index contributed by atoms with van der Waals surface area (Å²) in [6, 6.07) is 19.4. The van der Waals surface area contributed by atoms with E-state index >= 15 is 0 Å². The number of hydrogen-bond acceptors (Lipinski definition) is 3. The first-order valence-electron chi connectivity index (χ1n) is 8.77. The molecular weight excluding hydrogens is 362 g/mol. The van der Waals surface area contributed by atoms with Gasteiger partial charge in [0.15, 0.2) is 0 Å². The number of fused-ring (bicyclic) bond motifs is 2. The first kappa shape index (κ1) is 17.7. The Kier molecular flexibility index (Phi) is 4.45. The number of rotatable bonds is 4. The number of carbonyl (C=O) groups is 1. The van der Waals surface area contributed by atoms with Gasteiger partial charge in [0, 0.05) is 6.54 Å². The highest BCUT2D eigenvalue weighted by Crippen LogP contribution is 2.36. The molecule has 1 heterocycles. The van der Waals surface area contributed by atoms with Crippen molar-refractivity contribution in [3.05, 3.63) is 77.9 Å². The van der Waals surface area contributed by atoms with E-state index in [1.54, 1.807) is 18.2 Å². The van der Waals surface area contributed by atoms with Crippen LogP contribution in [0.2, 0.25) is 0 Å². The van der Waals surface area contributed by atoms with E-state index in [1.807, 2.05) is 48.5 Å². The minimum absolute atomic E-state index is 0.191. The van der Waals surface area contributed by atoms with Crippen LogP contribution in [0.25, 0.3) is 10.8 Å². The zero-order valence-corrected chi connectivity index (χ0v) is 15.4. The van der Waals surface area contributed by atoms with Crippen molar-refractivity contribution < 1.29 is 18.3 Å². The SMILES string of the molecule is O=C(O)CC1c2ccccc2CCN1S(=O)(=O)c1ccc2ccccc2c1.